The molecule has 0 aliphatic carbocycles. The summed E-state index contributed by atoms with van der Waals surface area (Å²) in [6, 6.07) is 12.8. The molecule has 0 bridgehead atoms. The van der Waals surface area contributed by atoms with Gasteiger partial charge in [-0.2, -0.15) is 0 Å². The van der Waals surface area contributed by atoms with E-state index in [0.29, 0.717) is 17.9 Å². The number of carbonyl (C=O) groups is 3. The van der Waals surface area contributed by atoms with E-state index in [-0.39, 0.29) is 18.4 Å². The fourth-order valence-electron chi connectivity index (χ4n) is 4.62. The molecule has 0 saturated carbocycles. The smallest absolute Gasteiger partial charge is 0.325 e. The molecule has 1 aliphatic rings. The second-order valence-corrected chi connectivity index (χ2v) is 8.92. The lowest BCUT2D eigenvalue weighted by atomic mass is 9.81. The Morgan fingerprint density at radius 2 is 1.86 bits per heavy atom. The van der Waals surface area contributed by atoms with Crippen molar-refractivity contribution in [1.82, 2.24) is 20.2 Å². The summed E-state index contributed by atoms with van der Waals surface area (Å²) in [7, 11) is 1.63. The molecule has 36 heavy (non-hydrogen) atoms. The van der Waals surface area contributed by atoms with Gasteiger partial charge in [0, 0.05) is 31.3 Å². The Labute approximate surface area is 210 Å². The fourth-order valence-corrected chi connectivity index (χ4v) is 4.62. The van der Waals surface area contributed by atoms with Gasteiger partial charge in [-0.05, 0) is 60.7 Å². The van der Waals surface area contributed by atoms with Gasteiger partial charge in [-0.25, -0.2) is 9.78 Å². The predicted molar refractivity (Wildman–Crippen MR) is 137 cm³/mol. The third kappa shape index (κ3) is 4.91. The highest BCUT2D eigenvalue weighted by atomic mass is 16.2. The van der Waals surface area contributed by atoms with Crippen LogP contribution in [0.1, 0.15) is 36.1 Å². The van der Waals surface area contributed by atoms with Crippen molar-refractivity contribution >= 4 is 29.4 Å². The molecule has 1 aliphatic heterocycles. The Kier molecular flexibility index (Phi) is 7.28. The summed E-state index contributed by atoms with van der Waals surface area (Å²) < 4.78 is 0. The number of amides is 4. The second-order valence-electron chi connectivity index (χ2n) is 8.92. The number of nitrogens with two attached hydrogens (primary N) is 1. The number of nitrogens with one attached hydrogen (secondary N) is 1. The number of aryl methyl sites for hydroxylation is 1. The Bertz CT molecular complexity index is 1270. The number of aromatic nitrogens is 2. The van der Waals surface area contributed by atoms with Crippen LogP contribution in [0.5, 0.6) is 0 Å². The number of likely N-dealkylation sites (N-methyl/N-ethyl adjacent to an activating group) is 1. The first-order valence-corrected chi connectivity index (χ1v) is 11.9. The molecule has 4 amide bonds. The zero-order valence-corrected chi connectivity index (χ0v) is 20.6. The van der Waals surface area contributed by atoms with E-state index in [4.69, 9.17) is 5.73 Å². The molecule has 2 aromatic heterocycles. The molecule has 1 fully saturated rings. The van der Waals surface area contributed by atoms with Crippen LogP contribution in [0.3, 0.4) is 0 Å². The van der Waals surface area contributed by atoms with Gasteiger partial charge in [0.05, 0.1) is 12.0 Å². The number of carbonyl (C=O) groups excluding carboxylic acids is 3. The van der Waals surface area contributed by atoms with Crippen LogP contribution in [-0.4, -0.2) is 45.8 Å². The van der Waals surface area contributed by atoms with E-state index in [0.717, 1.165) is 21.6 Å². The molecule has 3 heterocycles. The molecule has 1 saturated heterocycles. The van der Waals surface area contributed by atoms with Crippen molar-refractivity contribution < 1.29 is 14.4 Å². The summed E-state index contributed by atoms with van der Waals surface area (Å²) in [5, 5.41) is 2.97. The zero-order chi connectivity index (χ0) is 25.8. The quantitative estimate of drug-likeness (QED) is 0.495. The number of rotatable bonds is 7. The maximum absolute atomic E-state index is 13.6. The summed E-state index contributed by atoms with van der Waals surface area (Å²) in [6.07, 6.45) is 5.63. The van der Waals surface area contributed by atoms with Crippen molar-refractivity contribution in [3.63, 3.8) is 0 Å². The molecular weight excluding hydrogens is 456 g/mol. The lowest BCUT2D eigenvalue weighted by Gasteiger charge is -2.46. The Morgan fingerprint density at radius 3 is 2.53 bits per heavy atom. The van der Waals surface area contributed by atoms with E-state index in [1.165, 1.54) is 4.90 Å². The van der Waals surface area contributed by atoms with E-state index in [2.05, 4.69) is 15.3 Å². The zero-order valence-electron chi connectivity index (χ0n) is 20.6. The van der Waals surface area contributed by atoms with Gasteiger partial charge in [0.25, 0.3) is 5.91 Å². The van der Waals surface area contributed by atoms with Gasteiger partial charge in [0.2, 0.25) is 5.91 Å². The summed E-state index contributed by atoms with van der Waals surface area (Å²) in [5.41, 5.74) is 9.22. The van der Waals surface area contributed by atoms with Gasteiger partial charge in [-0.1, -0.05) is 31.2 Å². The summed E-state index contributed by atoms with van der Waals surface area (Å²) in [4.78, 5) is 50.8. The first kappa shape index (κ1) is 24.8. The minimum absolute atomic E-state index is 0.269. The van der Waals surface area contributed by atoms with Gasteiger partial charge in [-0.3, -0.25) is 19.5 Å². The number of benzene rings is 1. The molecule has 4 rings (SSSR count). The lowest BCUT2D eigenvalue weighted by molar-refractivity contribution is -0.156. The number of urea groups is 1. The highest BCUT2D eigenvalue weighted by Gasteiger charge is 2.55. The molecule has 9 nitrogen and oxygen atoms in total. The van der Waals surface area contributed by atoms with Crippen molar-refractivity contribution in [2.45, 2.75) is 38.8 Å². The van der Waals surface area contributed by atoms with E-state index in [1.54, 1.807) is 49.9 Å². The van der Waals surface area contributed by atoms with Gasteiger partial charge in [0.1, 0.15) is 11.9 Å². The van der Waals surface area contributed by atoms with Crippen molar-refractivity contribution in [1.29, 1.82) is 0 Å². The van der Waals surface area contributed by atoms with Gasteiger partial charge in [-0.15, -0.1) is 0 Å². The highest BCUT2D eigenvalue weighted by molar-refractivity contribution is 6.12. The normalized spacial score (nSPS) is 17.8. The Hall–Kier alpha value is -4.27. The minimum Gasteiger partial charge on any atom is -0.384 e. The van der Waals surface area contributed by atoms with Crippen LogP contribution in [0.25, 0.3) is 0 Å². The SMILES string of the molecule is CC[C@@H](NC(=O)N1C(=O)[C@H](Cc2ccnc(N)c2)[C@H]1C(=O)N(C)c1ccncc1)c1ccccc1C. The number of nitrogens with zero attached hydrogens (tertiary/aromatic N) is 4. The van der Waals surface area contributed by atoms with Crippen molar-refractivity contribution in [3.8, 4) is 0 Å². The molecule has 9 heteroatoms. The number of imide groups is 1. The van der Waals surface area contributed by atoms with Gasteiger partial charge < -0.3 is 16.0 Å². The standard InChI is InChI=1S/C27H30N6O3/c1-4-22(20-8-6-5-7-17(20)2)31-27(36)33-24(26(35)32(3)19-10-12-29-13-11-19)21(25(33)34)15-18-9-14-30-23(28)16-18/h5-14,16,21-22,24H,4,15H2,1-3H3,(H2,28,30)(H,31,36)/t21-,22-,24+/m1/s1. The van der Waals surface area contributed by atoms with Crippen LogP contribution in [0.15, 0.2) is 67.1 Å². The number of β-lactam (4-membered cyclic amide) rings is 1. The number of nitrogen functional groups attached to an aromatic ring is 1. The van der Waals surface area contributed by atoms with Crippen LogP contribution in [0.4, 0.5) is 16.3 Å². The average Bonchev–Trinajstić information content (AvgIpc) is 2.89. The minimum atomic E-state index is -0.959. The maximum atomic E-state index is 13.6. The molecule has 186 valence electrons. The largest absolute Gasteiger partial charge is 0.384 e. The average molecular weight is 487 g/mol. The topological polar surface area (TPSA) is 122 Å². The highest BCUT2D eigenvalue weighted by Crippen LogP contribution is 2.33. The summed E-state index contributed by atoms with van der Waals surface area (Å²) >= 11 is 0. The van der Waals surface area contributed by atoms with Crippen LogP contribution in [0, 0.1) is 12.8 Å². The molecule has 0 spiro atoms. The fraction of sp³-hybridized carbons (Fsp3) is 0.296. The number of pyridine rings is 2. The summed E-state index contributed by atoms with van der Waals surface area (Å²) in [5.74, 6) is -1.13. The van der Waals surface area contributed by atoms with E-state index >= 15 is 0 Å². The number of hydrogen-bond acceptors (Lipinski definition) is 6. The van der Waals surface area contributed by atoms with Crippen LogP contribution < -0.4 is 16.0 Å². The van der Waals surface area contributed by atoms with E-state index < -0.39 is 23.9 Å². The molecular formula is C27H30N6O3. The molecule has 3 atom stereocenters. The first-order valence-electron chi connectivity index (χ1n) is 11.9. The third-order valence-corrected chi connectivity index (χ3v) is 6.64. The van der Waals surface area contributed by atoms with E-state index in [1.807, 2.05) is 38.1 Å². The molecule has 0 radical (unpaired) electrons. The third-order valence-electron chi connectivity index (χ3n) is 6.64. The second kappa shape index (κ2) is 10.6. The van der Waals surface area contributed by atoms with Gasteiger partial charge in [0.15, 0.2) is 0 Å². The van der Waals surface area contributed by atoms with Crippen LogP contribution >= 0.6 is 0 Å². The molecule has 3 N–H and O–H groups in total. The molecule has 0 unspecified atom stereocenters. The van der Waals surface area contributed by atoms with Crippen molar-refractivity contribution in [2.75, 3.05) is 17.7 Å². The number of anilines is 2. The van der Waals surface area contributed by atoms with Crippen LogP contribution in [0.2, 0.25) is 0 Å². The number of likely N-dealkylation sites (tertiary alicyclic amines) is 1. The Balaban J connectivity index is 1.61. The van der Waals surface area contributed by atoms with Crippen molar-refractivity contribution in [2.24, 2.45) is 5.92 Å². The first-order chi connectivity index (χ1) is 17.3. The number of hydrogen-bond donors (Lipinski definition) is 2. The van der Waals surface area contributed by atoms with Crippen molar-refractivity contribution in [3.05, 3.63) is 83.8 Å². The van der Waals surface area contributed by atoms with Crippen LogP contribution in [-0.2, 0) is 16.0 Å². The summed E-state index contributed by atoms with van der Waals surface area (Å²) in [6.45, 7) is 3.94. The maximum Gasteiger partial charge on any atom is 0.325 e. The monoisotopic (exact) mass is 486 g/mol. The Morgan fingerprint density at radius 1 is 1.14 bits per heavy atom. The van der Waals surface area contributed by atoms with E-state index in [9.17, 15) is 14.4 Å². The van der Waals surface area contributed by atoms with Gasteiger partial charge >= 0.3 is 6.03 Å². The predicted octanol–water partition coefficient (Wildman–Crippen LogP) is 3.26. The molecule has 3 aromatic rings. The molecule has 1 aromatic carbocycles. The lowest BCUT2D eigenvalue weighted by Crippen LogP contribution is -2.70.